The minimum atomic E-state index is -0.454. The molecule has 0 aliphatic rings. The molecule has 26 heavy (non-hydrogen) atoms. The van der Waals surface area contributed by atoms with Crippen LogP contribution in [0.2, 0.25) is 0 Å². The third-order valence-electron chi connectivity index (χ3n) is 3.81. The van der Waals surface area contributed by atoms with Gasteiger partial charge in [-0.25, -0.2) is 0 Å². The fraction of sp³-hybridized carbons (Fsp3) is 0.211. The average Bonchev–Trinajstić information content (AvgIpc) is 3.18. The van der Waals surface area contributed by atoms with Crippen molar-refractivity contribution in [1.29, 1.82) is 0 Å². The van der Waals surface area contributed by atoms with Crippen LogP contribution in [0.25, 0.3) is 11.4 Å². The molecule has 0 spiro atoms. The molecule has 0 radical (unpaired) electrons. The second-order valence-corrected chi connectivity index (χ2v) is 5.62. The predicted molar refractivity (Wildman–Crippen MR) is 95.2 cm³/mol. The van der Waals surface area contributed by atoms with Crippen LogP contribution in [0, 0.1) is 0 Å². The van der Waals surface area contributed by atoms with Crippen LogP contribution in [0.4, 0.5) is 0 Å². The Hall–Kier alpha value is -3.35. The standard InChI is InChI=1S/C19H19N3O4/c1-12(19-21-17(22-26-19)13-7-5-4-6-8-13)20-18(23)14-9-15(24-2)11-16(10-14)25-3/h4-12H,1-3H3,(H,20,23)/t12-/m1/s1. The minimum Gasteiger partial charge on any atom is -0.497 e. The molecule has 134 valence electrons. The van der Waals surface area contributed by atoms with Crippen molar-refractivity contribution in [2.45, 2.75) is 13.0 Å². The van der Waals surface area contributed by atoms with Crippen LogP contribution in [-0.4, -0.2) is 30.3 Å². The van der Waals surface area contributed by atoms with Gasteiger partial charge < -0.3 is 19.3 Å². The molecular formula is C19H19N3O4. The van der Waals surface area contributed by atoms with E-state index in [0.29, 0.717) is 28.8 Å². The Morgan fingerprint density at radius 2 is 1.73 bits per heavy atom. The van der Waals surface area contributed by atoms with Crippen molar-refractivity contribution in [2.75, 3.05) is 14.2 Å². The molecule has 3 aromatic rings. The molecule has 0 unspecified atom stereocenters. The number of methoxy groups -OCH3 is 2. The van der Waals surface area contributed by atoms with Gasteiger partial charge in [-0.1, -0.05) is 35.5 Å². The number of carbonyl (C=O) groups excluding carboxylic acids is 1. The summed E-state index contributed by atoms with van der Waals surface area (Å²) < 4.78 is 15.7. The van der Waals surface area contributed by atoms with Crippen LogP contribution in [0.3, 0.4) is 0 Å². The summed E-state index contributed by atoms with van der Waals surface area (Å²) in [5.74, 6) is 1.57. The number of aromatic nitrogens is 2. The highest BCUT2D eigenvalue weighted by Crippen LogP contribution is 2.23. The molecule has 1 amide bonds. The number of hydrogen-bond donors (Lipinski definition) is 1. The smallest absolute Gasteiger partial charge is 0.252 e. The molecule has 1 aromatic heterocycles. The summed E-state index contributed by atoms with van der Waals surface area (Å²) in [4.78, 5) is 16.9. The lowest BCUT2D eigenvalue weighted by molar-refractivity contribution is 0.0932. The number of hydrogen-bond acceptors (Lipinski definition) is 6. The zero-order valence-corrected chi connectivity index (χ0v) is 14.7. The van der Waals surface area contributed by atoms with Crippen molar-refractivity contribution < 1.29 is 18.8 Å². The largest absolute Gasteiger partial charge is 0.497 e. The van der Waals surface area contributed by atoms with Gasteiger partial charge in [-0.2, -0.15) is 4.98 Å². The maximum atomic E-state index is 12.5. The van der Waals surface area contributed by atoms with Gasteiger partial charge in [0.1, 0.15) is 17.5 Å². The molecule has 1 heterocycles. The molecule has 0 fully saturated rings. The van der Waals surface area contributed by atoms with Crippen LogP contribution < -0.4 is 14.8 Å². The molecule has 0 bridgehead atoms. The predicted octanol–water partition coefficient (Wildman–Crippen LogP) is 3.24. The molecule has 3 rings (SSSR count). The number of carbonyl (C=O) groups is 1. The van der Waals surface area contributed by atoms with E-state index in [4.69, 9.17) is 14.0 Å². The van der Waals surface area contributed by atoms with Crippen molar-refractivity contribution in [1.82, 2.24) is 15.5 Å². The van der Waals surface area contributed by atoms with E-state index in [1.165, 1.54) is 14.2 Å². The van der Waals surface area contributed by atoms with Gasteiger partial charge in [-0.15, -0.1) is 0 Å². The number of amides is 1. The van der Waals surface area contributed by atoms with Gasteiger partial charge in [0, 0.05) is 17.2 Å². The van der Waals surface area contributed by atoms with Crippen molar-refractivity contribution in [3.05, 3.63) is 60.0 Å². The van der Waals surface area contributed by atoms with Crippen LogP contribution in [0.15, 0.2) is 53.1 Å². The van der Waals surface area contributed by atoms with Gasteiger partial charge in [0.2, 0.25) is 11.7 Å². The van der Waals surface area contributed by atoms with Crippen molar-refractivity contribution in [3.63, 3.8) is 0 Å². The summed E-state index contributed by atoms with van der Waals surface area (Å²) in [7, 11) is 3.06. The van der Waals surface area contributed by atoms with E-state index in [0.717, 1.165) is 5.56 Å². The summed E-state index contributed by atoms with van der Waals surface area (Å²) in [6.07, 6.45) is 0. The number of benzene rings is 2. The lowest BCUT2D eigenvalue weighted by atomic mass is 10.1. The zero-order valence-electron chi connectivity index (χ0n) is 14.7. The zero-order chi connectivity index (χ0) is 18.5. The SMILES string of the molecule is COc1cc(OC)cc(C(=O)N[C@H](C)c2nc(-c3ccccc3)no2)c1. The van der Waals surface area contributed by atoms with E-state index in [1.807, 2.05) is 30.3 Å². The fourth-order valence-corrected chi connectivity index (χ4v) is 2.40. The van der Waals surface area contributed by atoms with Gasteiger partial charge in [0.15, 0.2) is 0 Å². The van der Waals surface area contributed by atoms with Gasteiger partial charge >= 0.3 is 0 Å². The van der Waals surface area contributed by atoms with Crippen LogP contribution >= 0.6 is 0 Å². The summed E-state index contributed by atoms with van der Waals surface area (Å²) in [5.41, 5.74) is 1.26. The molecule has 0 saturated carbocycles. The van der Waals surface area contributed by atoms with E-state index >= 15 is 0 Å². The van der Waals surface area contributed by atoms with E-state index in [1.54, 1.807) is 25.1 Å². The van der Waals surface area contributed by atoms with Gasteiger partial charge in [0.05, 0.1) is 14.2 Å². The Morgan fingerprint density at radius 3 is 2.35 bits per heavy atom. The molecule has 7 nitrogen and oxygen atoms in total. The quantitative estimate of drug-likeness (QED) is 0.732. The van der Waals surface area contributed by atoms with E-state index in [9.17, 15) is 4.79 Å². The number of nitrogens with one attached hydrogen (secondary N) is 1. The Morgan fingerprint density at radius 1 is 1.08 bits per heavy atom. The Labute approximate surface area is 150 Å². The highest BCUT2D eigenvalue weighted by molar-refractivity contribution is 5.95. The Balaban J connectivity index is 1.75. The van der Waals surface area contributed by atoms with Crippen molar-refractivity contribution >= 4 is 5.91 Å². The number of rotatable bonds is 6. The summed E-state index contributed by atoms with van der Waals surface area (Å²) >= 11 is 0. The Bertz CT molecular complexity index is 871. The lowest BCUT2D eigenvalue weighted by Crippen LogP contribution is -2.26. The first-order chi connectivity index (χ1) is 12.6. The first-order valence-electron chi connectivity index (χ1n) is 8.03. The van der Waals surface area contributed by atoms with E-state index in [2.05, 4.69) is 15.5 Å². The maximum absolute atomic E-state index is 12.5. The first-order valence-corrected chi connectivity index (χ1v) is 8.03. The first kappa shape index (κ1) is 17.5. The van der Waals surface area contributed by atoms with Crippen molar-refractivity contribution in [3.8, 4) is 22.9 Å². The van der Waals surface area contributed by atoms with Gasteiger partial charge in [0.25, 0.3) is 5.91 Å². The van der Waals surface area contributed by atoms with Gasteiger partial charge in [-0.05, 0) is 19.1 Å². The molecule has 1 N–H and O–H groups in total. The molecule has 1 atom stereocenters. The number of nitrogens with zero attached hydrogens (tertiary/aromatic N) is 2. The Kier molecular flexibility index (Phi) is 5.17. The minimum absolute atomic E-state index is 0.297. The summed E-state index contributed by atoms with van der Waals surface area (Å²) in [5, 5.41) is 6.80. The topological polar surface area (TPSA) is 86.5 Å². The van der Waals surface area contributed by atoms with E-state index < -0.39 is 6.04 Å². The molecular weight excluding hydrogens is 334 g/mol. The third-order valence-corrected chi connectivity index (χ3v) is 3.81. The lowest BCUT2D eigenvalue weighted by Gasteiger charge is -2.12. The average molecular weight is 353 g/mol. The monoisotopic (exact) mass is 353 g/mol. The summed E-state index contributed by atoms with van der Waals surface area (Å²) in [6.45, 7) is 1.78. The second kappa shape index (κ2) is 7.69. The fourth-order valence-electron chi connectivity index (χ4n) is 2.40. The van der Waals surface area contributed by atoms with Crippen LogP contribution in [-0.2, 0) is 0 Å². The molecule has 2 aromatic carbocycles. The van der Waals surface area contributed by atoms with E-state index in [-0.39, 0.29) is 5.91 Å². The normalized spacial score (nSPS) is 11.7. The molecule has 0 aliphatic carbocycles. The van der Waals surface area contributed by atoms with Crippen LogP contribution in [0.1, 0.15) is 29.2 Å². The van der Waals surface area contributed by atoms with Crippen molar-refractivity contribution in [2.24, 2.45) is 0 Å². The number of ether oxygens (including phenoxy) is 2. The second-order valence-electron chi connectivity index (χ2n) is 5.62. The maximum Gasteiger partial charge on any atom is 0.252 e. The molecule has 7 heteroatoms. The molecule has 0 saturated heterocycles. The summed E-state index contributed by atoms with van der Waals surface area (Å²) in [6, 6.07) is 14.0. The highest BCUT2D eigenvalue weighted by atomic mass is 16.5. The highest BCUT2D eigenvalue weighted by Gasteiger charge is 2.19. The third kappa shape index (κ3) is 3.83. The van der Waals surface area contributed by atoms with Crippen LogP contribution in [0.5, 0.6) is 11.5 Å². The molecule has 0 aliphatic heterocycles. The van der Waals surface area contributed by atoms with Gasteiger partial charge in [-0.3, -0.25) is 4.79 Å².